The summed E-state index contributed by atoms with van der Waals surface area (Å²) in [5.74, 6) is 0.945. The first kappa shape index (κ1) is 21.6. The number of hydrogen-bond acceptors (Lipinski definition) is 5. The minimum atomic E-state index is -0.311. The molecule has 0 spiro atoms. The zero-order valence-corrected chi connectivity index (χ0v) is 18.9. The molecule has 0 aliphatic carbocycles. The average Bonchev–Trinajstić information content (AvgIpc) is 3.39. The molecule has 1 saturated heterocycles. The van der Waals surface area contributed by atoms with Crippen molar-refractivity contribution in [2.24, 2.45) is 0 Å². The molecule has 1 aliphatic rings. The van der Waals surface area contributed by atoms with Crippen LogP contribution in [0.15, 0.2) is 59.1 Å². The molecule has 2 aromatic heterocycles. The number of thiocarbonyl (C=S) groups is 1. The Kier molecular flexibility index (Phi) is 6.46. The van der Waals surface area contributed by atoms with Crippen LogP contribution < -0.4 is 5.32 Å². The van der Waals surface area contributed by atoms with Crippen molar-refractivity contribution in [3.8, 4) is 11.3 Å². The molecule has 3 heterocycles. The molecule has 1 aliphatic heterocycles. The minimum absolute atomic E-state index is 0.192. The number of halogens is 2. The quantitative estimate of drug-likeness (QED) is 0.388. The predicted octanol–water partition coefficient (Wildman–Crippen LogP) is 5.18. The molecule has 1 aromatic carbocycles. The van der Waals surface area contributed by atoms with Crippen LogP contribution in [-0.4, -0.2) is 34.6 Å². The molecule has 6 nitrogen and oxygen atoms in total. The summed E-state index contributed by atoms with van der Waals surface area (Å²) in [7, 11) is 1.37. The van der Waals surface area contributed by atoms with Crippen LogP contribution in [0.1, 0.15) is 30.0 Å². The van der Waals surface area contributed by atoms with Crippen molar-refractivity contribution in [3.63, 3.8) is 0 Å². The lowest BCUT2D eigenvalue weighted by atomic mass is 10.0. The highest BCUT2D eigenvalue weighted by molar-refractivity contribution is 7.80. The number of hydrogen-bond donors (Lipinski definition) is 1. The Morgan fingerprint density at radius 3 is 2.81 bits per heavy atom. The van der Waals surface area contributed by atoms with Gasteiger partial charge in [-0.1, -0.05) is 35.3 Å². The van der Waals surface area contributed by atoms with E-state index in [0.717, 1.165) is 5.69 Å². The van der Waals surface area contributed by atoms with Gasteiger partial charge in [-0.2, -0.15) is 0 Å². The highest BCUT2D eigenvalue weighted by atomic mass is 35.5. The number of benzene rings is 1. The number of methoxy groups -OCH3 is 1. The van der Waals surface area contributed by atoms with Crippen LogP contribution in [0.5, 0.6) is 0 Å². The van der Waals surface area contributed by atoms with Gasteiger partial charge in [-0.25, -0.2) is 0 Å². The Bertz CT molecular complexity index is 1110. The molecule has 0 bridgehead atoms. The fourth-order valence-corrected chi connectivity index (χ4v) is 4.35. The van der Waals surface area contributed by atoms with Crippen LogP contribution in [0.25, 0.3) is 11.3 Å². The highest BCUT2D eigenvalue weighted by Gasteiger charge is 2.41. The van der Waals surface area contributed by atoms with E-state index < -0.39 is 0 Å². The number of aromatic nitrogens is 1. The number of nitrogens with zero attached hydrogens (tertiary/aromatic N) is 2. The van der Waals surface area contributed by atoms with Crippen molar-refractivity contribution in [3.05, 3.63) is 76.2 Å². The van der Waals surface area contributed by atoms with E-state index in [9.17, 15) is 4.79 Å². The number of pyridine rings is 1. The average molecular weight is 476 g/mol. The molecule has 3 aromatic rings. The third-order valence-electron chi connectivity index (χ3n) is 5.12. The monoisotopic (exact) mass is 475 g/mol. The summed E-state index contributed by atoms with van der Waals surface area (Å²) in [4.78, 5) is 18.2. The minimum Gasteiger partial charge on any atom is -0.469 e. The van der Waals surface area contributed by atoms with Gasteiger partial charge in [0.15, 0.2) is 5.11 Å². The summed E-state index contributed by atoms with van der Waals surface area (Å²) < 4.78 is 11.0. The van der Waals surface area contributed by atoms with Crippen LogP contribution >= 0.6 is 35.4 Å². The number of carbonyl (C=O) groups excluding carboxylic acids is 1. The Balaban J connectivity index is 1.71. The Hall–Kier alpha value is -2.61. The molecule has 0 unspecified atom stereocenters. The topological polar surface area (TPSA) is 67.6 Å². The number of nitrogens with one attached hydrogen (secondary N) is 1. The van der Waals surface area contributed by atoms with Crippen LogP contribution in [0.4, 0.5) is 0 Å². The number of rotatable bonds is 6. The van der Waals surface area contributed by atoms with E-state index in [-0.39, 0.29) is 24.5 Å². The molecule has 1 fully saturated rings. The van der Waals surface area contributed by atoms with Gasteiger partial charge < -0.3 is 19.4 Å². The highest BCUT2D eigenvalue weighted by Crippen LogP contribution is 2.42. The molecular formula is C22H19Cl2N3O3S. The van der Waals surface area contributed by atoms with Crippen LogP contribution in [-0.2, 0) is 9.53 Å². The molecule has 0 radical (unpaired) electrons. The first-order chi connectivity index (χ1) is 15.0. The van der Waals surface area contributed by atoms with E-state index >= 15 is 0 Å². The van der Waals surface area contributed by atoms with Crippen molar-refractivity contribution < 1.29 is 13.9 Å². The molecular weight excluding hydrogens is 457 g/mol. The fourth-order valence-electron chi connectivity index (χ4n) is 3.62. The Morgan fingerprint density at radius 2 is 2.06 bits per heavy atom. The smallest absolute Gasteiger partial charge is 0.307 e. The molecule has 2 atom stereocenters. The SMILES string of the molecule is COC(=O)CCN1C(=S)N[C@H](c2ccccn2)[C@H]1c1ccc(-c2cccc(Cl)c2Cl)o1. The van der Waals surface area contributed by atoms with Crippen LogP contribution in [0.3, 0.4) is 0 Å². The Labute approximate surface area is 195 Å². The van der Waals surface area contributed by atoms with E-state index in [1.165, 1.54) is 7.11 Å². The lowest BCUT2D eigenvalue weighted by molar-refractivity contribution is -0.140. The molecule has 0 amide bonds. The number of esters is 1. The van der Waals surface area contributed by atoms with E-state index in [4.69, 9.17) is 44.6 Å². The standard InChI is InChI=1S/C22H19Cl2N3O3S/c1-29-18(28)10-12-27-21(20(26-22(27)31)15-7-2-3-11-25-15)17-9-8-16(30-17)13-5-4-6-14(23)19(13)24/h2-9,11,20-21H,10,12H2,1H3,(H,26,31)/t20-,21-/m1/s1. The second-order valence-electron chi connectivity index (χ2n) is 6.95. The van der Waals surface area contributed by atoms with Gasteiger partial charge in [0.2, 0.25) is 0 Å². The van der Waals surface area contributed by atoms with Crippen molar-refractivity contribution in [2.45, 2.75) is 18.5 Å². The third kappa shape index (κ3) is 4.39. The van der Waals surface area contributed by atoms with E-state index in [2.05, 4.69) is 10.3 Å². The second kappa shape index (κ2) is 9.26. The predicted molar refractivity (Wildman–Crippen MR) is 123 cm³/mol. The van der Waals surface area contributed by atoms with Gasteiger partial charge in [0.05, 0.1) is 35.3 Å². The maximum absolute atomic E-state index is 11.8. The van der Waals surface area contributed by atoms with E-state index in [1.54, 1.807) is 12.3 Å². The van der Waals surface area contributed by atoms with Crippen molar-refractivity contribution in [2.75, 3.05) is 13.7 Å². The van der Waals surface area contributed by atoms with Gasteiger partial charge in [0.1, 0.15) is 17.6 Å². The summed E-state index contributed by atoms with van der Waals surface area (Å²) in [5, 5.41) is 4.71. The van der Waals surface area contributed by atoms with Crippen LogP contribution in [0, 0.1) is 0 Å². The molecule has 4 rings (SSSR count). The van der Waals surface area contributed by atoms with Gasteiger partial charge in [-0.3, -0.25) is 9.78 Å². The van der Waals surface area contributed by atoms with Gasteiger partial charge in [-0.05, 0) is 48.6 Å². The summed E-state index contributed by atoms with van der Waals surface area (Å²) in [5.41, 5.74) is 1.51. The summed E-state index contributed by atoms with van der Waals surface area (Å²) >= 11 is 18.1. The van der Waals surface area contributed by atoms with Crippen molar-refractivity contribution in [1.82, 2.24) is 15.2 Å². The normalized spacial score (nSPS) is 18.2. The van der Waals surface area contributed by atoms with Gasteiger partial charge in [0.25, 0.3) is 0 Å². The molecule has 31 heavy (non-hydrogen) atoms. The van der Waals surface area contributed by atoms with Crippen LogP contribution in [0.2, 0.25) is 10.0 Å². The zero-order chi connectivity index (χ0) is 22.0. The molecule has 160 valence electrons. The zero-order valence-electron chi connectivity index (χ0n) is 16.5. The lowest BCUT2D eigenvalue weighted by Gasteiger charge is -2.25. The summed E-state index contributed by atoms with van der Waals surface area (Å²) in [6.45, 7) is 0.375. The first-order valence-corrected chi connectivity index (χ1v) is 10.7. The third-order valence-corrected chi connectivity index (χ3v) is 6.29. The number of furan rings is 1. The van der Waals surface area contributed by atoms with Gasteiger partial charge >= 0.3 is 5.97 Å². The number of ether oxygens (including phenoxy) is 1. The largest absolute Gasteiger partial charge is 0.469 e. The summed E-state index contributed by atoms with van der Waals surface area (Å²) in [6, 6.07) is 14.3. The van der Waals surface area contributed by atoms with E-state index in [1.807, 2.05) is 47.4 Å². The fraction of sp³-hybridized carbons (Fsp3) is 0.227. The number of carbonyl (C=O) groups is 1. The molecule has 1 N–H and O–H groups in total. The molecule has 0 saturated carbocycles. The summed E-state index contributed by atoms with van der Waals surface area (Å²) in [6.07, 6.45) is 1.92. The maximum atomic E-state index is 11.8. The van der Waals surface area contributed by atoms with Crippen molar-refractivity contribution >= 4 is 46.5 Å². The molecule has 9 heteroatoms. The lowest BCUT2D eigenvalue weighted by Crippen LogP contribution is -2.31. The Morgan fingerprint density at radius 1 is 1.23 bits per heavy atom. The van der Waals surface area contributed by atoms with E-state index in [0.29, 0.717) is 38.8 Å². The van der Waals surface area contributed by atoms with Crippen molar-refractivity contribution in [1.29, 1.82) is 0 Å². The maximum Gasteiger partial charge on any atom is 0.307 e. The van der Waals surface area contributed by atoms with Gasteiger partial charge in [-0.15, -0.1) is 0 Å². The van der Waals surface area contributed by atoms with Gasteiger partial charge in [0, 0.05) is 18.3 Å². The second-order valence-corrected chi connectivity index (χ2v) is 8.12. The first-order valence-electron chi connectivity index (χ1n) is 9.58.